The van der Waals surface area contributed by atoms with Crippen molar-refractivity contribution in [2.75, 3.05) is 0 Å². The van der Waals surface area contributed by atoms with Gasteiger partial charge in [0, 0.05) is 19.3 Å². The molecular formula is C7H5I2NO2. The Hall–Kier alpha value is 0.0800. The van der Waals surface area contributed by atoms with E-state index in [4.69, 9.17) is 4.74 Å². The van der Waals surface area contributed by atoms with Gasteiger partial charge in [0.05, 0.1) is 7.14 Å². The fourth-order valence-corrected chi connectivity index (χ4v) is 2.28. The van der Waals surface area contributed by atoms with Crippen molar-refractivity contribution < 1.29 is 9.53 Å². The van der Waals surface area contributed by atoms with Crippen LogP contribution in [0.3, 0.4) is 0 Å². The van der Waals surface area contributed by atoms with E-state index in [9.17, 15) is 4.79 Å². The molecule has 1 rings (SSSR count). The molecule has 64 valence electrons. The summed E-state index contributed by atoms with van der Waals surface area (Å²) in [5.41, 5.74) is 0. The first-order valence-corrected chi connectivity index (χ1v) is 5.24. The first kappa shape index (κ1) is 10.2. The highest BCUT2D eigenvalue weighted by Crippen LogP contribution is 2.25. The van der Waals surface area contributed by atoms with E-state index in [1.807, 2.05) is 0 Å². The summed E-state index contributed by atoms with van der Waals surface area (Å²) in [7, 11) is 0. The van der Waals surface area contributed by atoms with Crippen molar-refractivity contribution in [3.05, 3.63) is 19.5 Å². The molecule has 0 aliphatic carbocycles. The minimum Gasteiger partial charge on any atom is -0.424 e. The fraction of sp³-hybridized carbons (Fsp3) is 0.143. The molecule has 0 aliphatic heterocycles. The number of hydrogen-bond acceptors (Lipinski definition) is 3. The average Bonchev–Trinajstić information content (AvgIpc) is 1.97. The van der Waals surface area contributed by atoms with Crippen LogP contribution >= 0.6 is 45.2 Å². The molecular weight excluding hydrogens is 384 g/mol. The van der Waals surface area contributed by atoms with E-state index in [2.05, 4.69) is 50.2 Å². The van der Waals surface area contributed by atoms with Crippen molar-refractivity contribution in [3.63, 3.8) is 0 Å². The molecule has 0 spiro atoms. The van der Waals surface area contributed by atoms with E-state index in [0.29, 0.717) is 5.75 Å². The second-order valence-corrected chi connectivity index (χ2v) is 4.35. The summed E-state index contributed by atoms with van der Waals surface area (Å²) in [5.74, 6) is 0.288. The summed E-state index contributed by atoms with van der Waals surface area (Å²) in [6, 6.07) is 0. The number of hydrogen-bond donors (Lipinski definition) is 0. The first-order chi connectivity index (χ1) is 5.61. The lowest BCUT2D eigenvalue weighted by atomic mass is 10.4. The number of rotatable bonds is 1. The van der Waals surface area contributed by atoms with Gasteiger partial charge in [0.1, 0.15) is 0 Å². The summed E-state index contributed by atoms with van der Waals surface area (Å²) in [6.45, 7) is 1.38. The molecule has 1 aromatic heterocycles. The summed E-state index contributed by atoms with van der Waals surface area (Å²) < 4.78 is 6.67. The maximum absolute atomic E-state index is 10.7. The van der Waals surface area contributed by atoms with Crippen LogP contribution in [0.1, 0.15) is 6.92 Å². The van der Waals surface area contributed by atoms with E-state index >= 15 is 0 Å². The van der Waals surface area contributed by atoms with Gasteiger partial charge in [-0.15, -0.1) is 0 Å². The van der Waals surface area contributed by atoms with Crippen LogP contribution in [-0.2, 0) is 4.79 Å². The number of carbonyl (C=O) groups excluding carboxylic acids is 1. The van der Waals surface area contributed by atoms with Gasteiger partial charge in [0.15, 0.2) is 5.75 Å². The third-order valence-corrected chi connectivity index (χ3v) is 2.59. The molecule has 0 aliphatic rings. The topological polar surface area (TPSA) is 39.2 Å². The molecule has 0 fully saturated rings. The Morgan fingerprint density at radius 3 is 2.33 bits per heavy atom. The zero-order valence-electron chi connectivity index (χ0n) is 6.17. The van der Waals surface area contributed by atoms with Gasteiger partial charge in [0.2, 0.25) is 0 Å². The predicted molar refractivity (Wildman–Crippen MR) is 61.0 cm³/mol. The number of esters is 1. The Labute approximate surface area is 97.2 Å². The summed E-state index contributed by atoms with van der Waals surface area (Å²) in [4.78, 5) is 14.6. The lowest BCUT2D eigenvalue weighted by Crippen LogP contribution is -2.04. The minimum atomic E-state index is -0.308. The molecule has 5 heteroatoms. The predicted octanol–water partition coefficient (Wildman–Crippen LogP) is 2.22. The molecule has 1 heterocycles. The number of halogens is 2. The summed E-state index contributed by atoms with van der Waals surface area (Å²) in [5, 5.41) is 0. The maximum Gasteiger partial charge on any atom is 0.308 e. The zero-order chi connectivity index (χ0) is 9.14. The summed E-state index contributed by atoms with van der Waals surface area (Å²) >= 11 is 4.15. The van der Waals surface area contributed by atoms with Crippen molar-refractivity contribution in [2.24, 2.45) is 0 Å². The molecule has 0 aromatic carbocycles. The Morgan fingerprint density at radius 1 is 1.42 bits per heavy atom. The second-order valence-electron chi connectivity index (χ2n) is 2.03. The highest BCUT2D eigenvalue weighted by Gasteiger charge is 2.07. The van der Waals surface area contributed by atoms with Crippen LogP contribution in [0.2, 0.25) is 0 Å². The molecule has 0 N–H and O–H groups in total. The van der Waals surface area contributed by atoms with Crippen LogP contribution in [0.5, 0.6) is 5.75 Å². The number of pyridine rings is 1. The molecule has 0 bridgehead atoms. The number of aromatic nitrogens is 1. The standard InChI is InChI=1S/C7H5I2NO2/c1-4(11)12-7-5(8)2-10-3-6(7)9/h2-3H,1H3. The van der Waals surface area contributed by atoms with Gasteiger partial charge in [-0.25, -0.2) is 0 Å². The monoisotopic (exact) mass is 389 g/mol. The van der Waals surface area contributed by atoms with Crippen molar-refractivity contribution >= 4 is 51.2 Å². The van der Waals surface area contributed by atoms with E-state index in [1.54, 1.807) is 12.4 Å². The SMILES string of the molecule is CC(=O)Oc1c(I)cncc1I. The highest BCUT2D eigenvalue weighted by molar-refractivity contribution is 14.1. The van der Waals surface area contributed by atoms with E-state index in [1.165, 1.54) is 6.92 Å². The van der Waals surface area contributed by atoms with Gasteiger partial charge in [-0.3, -0.25) is 9.78 Å². The smallest absolute Gasteiger partial charge is 0.308 e. The van der Waals surface area contributed by atoms with Crippen LogP contribution in [-0.4, -0.2) is 11.0 Å². The van der Waals surface area contributed by atoms with Crippen molar-refractivity contribution in [1.82, 2.24) is 4.98 Å². The van der Waals surface area contributed by atoms with Gasteiger partial charge < -0.3 is 4.74 Å². The Balaban J connectivity index is 3.04. The Bertz CT molecular complexity index is 294. The normalized spacial score (nSPS) is 9.58. The van der Waals surface area contributed by atoms with Crippen LogP contribution in [0.15, 0.2) is 12.4 Å². The number of carbonyl (C=O) groups is 1. The van der Waals surface area contributed by atoms with Crippen molar-refractivity contribution in [3.8, 4) is 5.75 Å². The van der Waals surface area contributed by atoms with Crippen LogP contribution in [0, 0.1) is 7.14 Å². The van der Waals surface area contributed by atoms with Crippen molar-refractivity contribution in [1.29, 1.82) is 0 Å². The van der Waals surface area contributed by atoms with Gasteiger partial charge in [-0.05, 0) is 45.2 Å². The van der Waals surface area contributed by atoms with Crippen molar-refractivity contribution in [2.45, 2.75) is 6.92 Å². The summed E-state index contributed by atoms with van der Waals surface area (Å²) in [6.07, 6.45) is 3.31. The Kier molecular flexibility index (Phi) is 3.69. The fourth-order valence-electron chi connectivity index (χ4n) is 0.641. The molecule has 0 atom stereocenters. The van der Waals surface area contributed by atoms with Gasteiger partial charge in [-0.1, -0.05) is 0 Å². The number of nitrogens with zero attached hydrogens (tertiary/aromatic N) is 1. The second kappa shape index (κ2) is 4.35. The van der Waals surface area contributed by atoms with Gasteiger partial charge in [-0.2, -0.15) is 0 Å². The van der Waals surface area contributed by atoms with Crippen LogP contribution < -0.4 is 4.74 Å². The van der Waals surface area contributed by atoms with Gasteiger partial charge >= 0.3 is 5.97 Å². The quantitative estimate of drug-likeness (QED) is 0.547. The highest BCUT2D eigenvalue weighted by atomic mass is 127. The molecule has 0 unspecified atom stereocenters. The number of ether oxygens (including phenoxy) is 1. The molecule has 0 saturated carbocycles. The zero-order valence-corrected chi connectivity index (χ0v) is 10.5. The third-order valence-electron chi connectivity index (χ3n) is 1.06. The van der Waals surface area contributed by atoms with E-state index in [-0.39, 0.29) is 5.97 Å². The first-order valence-electron chi connectivity index (χ1n) is 3.08. The largest absolute Gasteiger partial charge is 0.424 e. The van der Waals surface area contributed by atoms with E-state index < -0.39 is 0 Å². The van der Waals surface area contributed by atoms with Crippen LogP contribution in [0.4, 0.5) is 0 Å². The molecule has 0 amide bonds. The third kappa shape index (κ3) is 2.54. The maximum atomic E-state index is 10.7. The molecule has 0 radical (unpaired) electrons. The lowest BCUT2D eigenvalue weighted by Gasteiger charge is -2.04. The van der Waals surface area contributed by atoms with E-state index in [0.717, 1.165) is 7.14 Å². The average molecular weight is 389 g/mol. The van der Waals surface area contributed by atoms with Crippen LogP contribution in [0.25, 0.3) is 0 Å². The minimum absolute atomic E-state index is 0.308. The lowest BCUT2D eigenvalue weighted by molar-refractivity contribution is -0.132. The molecule has 3 nitrogen and oxygen atoms in total. The Morgan fingerprint density at radius 2 is 1.92 bits per heavy atom. The molecule has 0 saturated heterocycles. The molecule has 1 aromatic rings. The molecule has 12 heavy (non-hydrogen) atoms. The van der Waals surface area contributed by atoms with Gasteiger partial charge in [0.25, 0.3) is 0 Å².